The van der Waals surface area contributed by atoms with Crippen molar-refractivity contribution in [3.63, 3.8) is 0 Å². The Balaban J connectivity index is 1.89. The Labute approximate surface area is 99.9 Å². The quantitative estimate of drug-likeness (QED) is 0.806. The molecule has 1 heterocycles. The fraction of sp³-hybridized carbons (Fsp3) is 0.231. The highest BCUT2D eigenvalue weighted by Gasteiger charge is 2.01. The summed E-state index contributed by atoms with van der Waals surface area (Å²) in [4.78, 5) is 0. The van der Waals surface area contributed by atoms with Crippen molar-refractivity contribution in [2.75, 3.05) is 12.8 Å². The highest BCUT2D eigenvalue weighted by Crippen LogP contribution is 2.22. The van der Waals surface area contributed by atoms with Gasteiger partial charge in [0.25, 0.3) is 0 Å². The van der Waals surface area contributed by atoms with E-state index in [1.165, 1.54) is 0 Å². The summed E-state index contributed by atoms with van der Waals surface area (Å²) in [5, 5.41) is 0. The van der Waals surface area contributed by atoms with Gasteiger partial charge in [-0.1, -0.05) is 6.07 Å². The maximum absolute atomic E-state index is 5.80. The van der Waals surface area contributed by atoms with Crippen LogP contribution in [0.1, 0.15) is 11.3 Å². The Morgan fingerprint density at radius 2 is 2.12 bits per heavy atom. The predicted octanol–water partition coefficient (Wildman–Crippen LogP) is 2.59. The Kier molecular flexibility index (Phi) is 3.67. The molecular weight excluding hydrogens is 218 g/mol. The van der Waals surface area contributed by atoms with Crippen LogP contribution in [-0.4, -0.2) is 7.11 Å². The molecule has 0 fully saturated rings. The Hall–Kier alpha value is -1.94. The molecule has 2 aromatic rings. The fourth-order valence-corrected chi connectivity index (χ4v) is 1.54. The van der Waals surface area contributed by atoms with E-state index in [-0.39, 0.29) is 0 Å². The monoisotopic (exact) mass is 233 g/mol. The van der Waals surface area contributed by atoms with Crippen LogP contribution in [0.25, 0.3) is 0 Å². The van der Waals surface area contributed by atoms with Crippen molar-refractivity contribution in [1.29, 1.82) is 0 Å². The van der Waals surface area contributed by atoms with Gasteiger partial charge < -0.3 is 19.6 Å². The average Bonchev–Trinajstić information content (AvgIpc) is 2.82. The van der Waals surface area contributed by atoms with Gasteiger partial charge in [0, 0.05) is 0 Å². The summed E-state index contributed by atoms with van der Waals surface area (Å²) in [5.41, 5.74) is 7.43. The van der Waals surface area contributed by atoms with Gasteiger partial charge in [-0.05, 0) is 29.8 Å². The van der Waals surface area contributed by atoms with E-state index >= 15 is 0 Å². The third kappa shape index (κ3) is 3.01. The molecular formula is C13H15NO3. The molecule has 1 aromatic carbocycles. The summed E-state index contributed by atoms with van der Waals surface area (Å²) in [5.74, 6) is 1.49. The number of benzene rings is 1. The van der Waals surface area contributed by atoms with E-state index in [1.807, 2.05) is 30.3 Å². The number of nitrogens with two attached hydrogens (primary N) is 1. The zero-order chi connectivity index (χ0) is 12.1. The van der Waals surface area contributed by atoms with Gasteiger partial charge in [-0.2, -0.15) is 0 Å². The van der Waals surface area contributed by atoms with Crippen LogP contribution in [0.4, 0.5) is 5.69 Å². The average molecular weight is 233 g/mol. The summed E-state index contributed by atoms with van der Waals surface area (Å²) in [6, 6.07) is 9.33. The molecule has 17 heavy (non-hydrogen) atoms. The van der Waals surface area contributed by atoms with Crippen molar-refractivity contribution in [3.05, 3.63) is 47.9 Å². The summed E-state index contributed by atoms with van der Waals surface area (Å²) in [7, 11) is 1.60. The van der Waals surface area contributed by atoms with Crippen molar-refractivity contribution < 1.29 is 13.9 Å². The molecule has 0 radical (unpaired) electrons. The molecule has 0 bridgehead atoms. The minimum Gasteiger partial charge on any atom is -0.495 e. The number of methoxy groups -OCH3 is 1. The smallest absolute Gasteiger partial charge is 0.141 e. The number of hydrogen-bond acceptors (Lipinski definition) is 4. The van der Waals surface area contributed by atoms with Gasteiger partial charge in [0.2, 0.25) is 0 Å². The second-order valence-electron chi connectivity index (χ2n) is 3.65. The second-order valence-corrected chi connectivity index (χ2v) is 3.65. The van der Waals surface area contributed by atoms with E-state index in [4.69, 9.17) is 19.6 Å². The summed E-state index contributed by atoms with van der Waals surface area (Å²) in [6.45, 7) is 0.952. The molecule has 0 spiro atoms. The van der Waals surface area contributed by atoms with Crippen LogP contribution in [0, 0.1) is 0 Å². The minimum absolute atomic E-state index is 0.457. The van der Waals surface area contributed by atoms with E-state index in [2.05, 4.69) is 0 Å². The number of hydrogen-bond donors (Lipinski definition) is 1. The van der Waals surface area contributed by atoms with Gasteiger partial charge >= 0.3 is 0 Å². The van der Waals surface area contributed by atoms with Crippen LogP contribution in [0.2, 0.25) is 0 Å². The lowest BCUT2D eigenvalue weighted by Gasteiger charge is -2.07. The van der Waals surface area contributed by atoms with Crippen LogP contribution in [-0.2, 0) is 18.0 Å². The van der Waals surface area contributed by atoms with Crippen LogP contribution < -0.4 is 10.5 Å². The minimum atomic E-state index is 0.457. The van der Waals surface area contributed by atoms with Crippen molar-refractivity contribution in [2.45, 2.75) is 13.2 Å². The van der Waals surface area contributed by atoms with Crippen molar-refractivity contribution in [1.82, 2.24) is 0 Å². The SMILES string of the molecule is COc1ccc(COCc2ccco2)cc1N. The van der Waals surface area contributed by atoms with Crippen LogP contribution in [0.5, 0.6) is 5.75 Å². The Bertz CT molecular complexity index is 466. The van der Waals surface area contributed by atoms with Gasteiger partial charge in [-0.15, -0.1) is 0 Å². The number of nitrogen functional groups attached to an aromatic ring is 1. The highest BCUT2D eigenvalue weighted by molar-refractivity contribution is 5.54. The summed E-state index contributed by atoms with van der Waals surface area (Å²) >= 11 is 0. The van der Waals surface area contributed by atoms with E-state index in [1.54, 1.807) is 13.4 Å². The molecule has 4 heteroatoms. The van der Waals surface area contributed by atoms with E-state index in [0.717, 1.165) is 11.3 Å². The normalized spacial score (nSPS) is 10.4. The Morgan fingerprint density at radius 1 is 1.24 bits per heavy atom. The predicted molar refractivity (Wildman–Crippen MR) is 64.6 cm³/mol. The molecule has 0 aliphatic heterocycles. The Morgan fingerprint density at radius 3 is 2.76 bits per heavy atom. The van der Waals surface area contributed by atoms with Crippen LogP contribution in [0.3, 0.4) is 0 Å². The lowest BCUT2D eigenvalue weighted by Crippen LogP contribution is -1.97. The summed E-state index contributed by atoms with van der Waals surface area (Å²) in [6.07, 6.45) is 1.63. The maximum Gasteiger partial charge on any atom is 0.141 e. The molecule has 2 rings (SSSR count). The molecule has 1 aromatic heterocycles. The molecule has 90 valence electrons. The molecule has 0 aliphatic carbocycles. The number of ether oxygens (including phenoxy) is 2. The first-order chi connectivity index (χ1) is 8.29. The molecule has 0 saturated carbocycles. The molecule has 0 unspecified atom stereocenters. The van der Waals surface area contributed by atoms with Crippen molar-refractivity contribution in [3.8, 4) is 5.75 Å². The molecule has 0 atom stereocenters. The highest BCUT2D eigenvalue weighted by atomic mass is 16.5. The van der Waals surface area contributed by atoms with Gasteiger partial charge in [0.05, 0.1) is 25.7 Å². The van der Waals surface area contributed by atoms with Gasteiger partial charge in [0.1, 0.15) is 18.1 Å². The van der Waals surface area contributed by atoms with Gasteiger partial charge in [-0.25, -0.2) is 0 Å². The molecule has 0 saturated heterocycles. The first-order valence-electron chi connectivity index (χ1n) is 5.32. The third-order valence-electron chi connectivity index (χ3n) is 2.39. The van der Waals surface area contributed by atoms with Crippen molar-refractivity contribution in [2.24, 2.45) is 0 Å². The topological polar surface area (TPSA) is 57.6 Å². The lowest BCUT2D eigenvalue weighted by atomic mass is 10.2. The van der Waals surface area contributed by atoms with E-state index in [9.17, 15) is 0 Å². The van der Waals surface area contributed by atoms with Crippen LogP contribution >= 0.6 is 0 Å². The fourth-order valence-electron chi connectivity index (χ4n) is 1.54. The van der Waals surface area contributed by atoms with E-state index < -0.39 is 0 Å². The second kappa shape index (κ2) is 5.41. The largest absolute Gasteiger partial charge is 0.495 e. The van der Waals surface area contributed by atoms with Crippen LogP contribution in [0.15, 0.2) is 41.0 Å². The van der Waals surface area contributed by atoms with Gasteiger partial charge in [0.15, 0.2) is 0 Å². The zero-order valence-electron chi connectivity index (χ0n) is 9.68. The molecule has 0 aliphatic rings. The first-order valence-corrected chi connectivity index (χ1v) is 5.32. The zero-order valence-corrected chi connectivity index (χ0v) is 9.68. The van der Waals surface area contributed by atoms with Crippen molar-refractivity contribution >= 4 is 5.69 Å². The van der Waals surface area contributed by atoms with Gasteiger partial charge in [-0.3, -0.25) is 0 Å². The molecule has 4 nitrogen and oxygen atoms in total. The number of anilines is 1. The van der Waals surface area contributed by atoms with E-state index in [0.29, 0.717) is 24.7 Å². The maximum atomic E-state index is 5.80. The number of furan rings is 1. The molecule has 0 amide bonds. The lowest BCUT2D eigenvalue weighted by molar-refractivity contribution is 0.0929. The third-order valence-corrected chi connectivity index (χ3v) is 2.39. The standard InChI is InChI=1S/C13H15NO3/c1-15-13-5-4-10(7-12(13)14)8-16-9-11-3-2-6-17-11/h2-7H,8-9,14H2,1H3. The first kappa shape index (κ1) is 11.5. The summed E-state index contributed by atoms with van der Waals surface area (Å²) < 4.78 is 15.7. The molecule has 2 N–H and O–H groups in total. The number of rotatable bonds is 5.